The number of likely N-dealkylation sites (tertiary alicyclic amines) is 1. The second-order valence-electron chi connectivity index (χ2n) is 8.42. The van der Waals surface area contributed by atoms with Gasteiger partial charge in [0.2, 0.25) is 5.91 Å². The van der Waals surface area contributed by atoms with Gasteiger partial charge in [0.1, 0.15) is 5.84 Å². The van der Waals surface area contributed by atoms with Gasteiger partial charge in [-0.3, -0.25) is 19.8 Å². The third-order valence-corrected chi connectivity index (χ3v) is 6.02. The predicted octanol–water partition coefficient (Wildman–Crippen LogP) is 1.92. The smallest absolute Gasteiger partial charge is 0.305 e. The van der Waals surface area contributed by atoms with Gasteiger partial charge in [-0.1, -0.05) is 12.1 Å². The molecule has 164 valence electrons. The maximum absolute atomic E-state index is 13.1. The molecule has 1 atom stereocenters. The molecule has 0 bridgehead atoms. The van der Waals surface area contributed by atoms with E-state index in [9.17, 15) is 14.4 Å². The fourth-order valence-electron chi connectivity index (χ4n) is 3.51. The fraction of sp³-hybridized carbons (Fsp3) is 0.545. The summed E-state index contributed by atoms with van der Waals surface area (Å²) in [5.74, 6) is -0.334. The van der Waals surface area contributed by atoms with Crippen LogP contribution in [0.25, 0.3) is 0 Å². The van der Waals surface area contributed by atoms with E-state index >= 15 is 0 Å². The SMILES string of the molecule is COC(=O)CC1CCN(C(=O)C(C)(C)C(C)NC(=O)c2ccc(C(=N)N)cc2)CC1. The van der Waals surface area contributed by atoms with E-state index in [1.165, 1.54) is 7.11 Å². The average molecular weight is 417 g/mol. The van der Waals surface area contributed by atoms with Crippen LogP contribution >= 0.6 is 0 Å². The molecule has 1 heterocycles. The Morgan fingerprint density at radius 3 is 2.23 bits per heavy atom. The van der Waals surface area contributed by atoms with Crippen LogP contribution in [0.3, 0.4) is 0 Å². The Morgan fingerprint density at radius 1 is 1.20 bits per heavy atom. The second kappa shape index (κ2) is 9.73. The van der Waals surface area contributed by atoms with Gasteiger partial charge in [0, 0.05) is 36.7 Å². The fourth-order valence-corrected chi connectivity index (χ4v) is 3.51. The van der Waals surface area contributed by atoms with Crippen molar-refractivity contribution in [2.24, 2.45) is 17.1 Å². The summed E-state index contributed by atoms with van der Waals surface area (Å²) in [6.45, 7) is 6.68. The number of hydrogen-bond donors (Lipinski definition) is 3. The molecule has 0 radical (unpaired) electrons. The molecule has 1 aliphatic heterocycles. The highest BCUT2D eigenvalue weighted by molar-refractivity contribution is 5.98. The van der Waals surface area contributed by atoms with Crippen LogP contribution in [0.15, 0.2) is 24.3 Å². The number of nitrogens with two attached hydrogens (primary N) is 1. The lowest BCUT2D eigenvalue weighted by molar-refractivity contribution is -0.144. The molecule has 8 nitrogen and oxygen atoms in total. The minimum atomic E-state index is -0.788. The minimum absolute atomic E-state index is 0.0151. The number of nitrogens with zero attached hydrogens (tertiary/aromatic N) is 1. The van der Waals surface area contributed by atoms with E-state index in [2.05, 4.69) is 5.32 Å². The number of methoxy groups -OCH3 is 1. The molecule has 8 heteroatoms. The number of nitrogens with one attached hydrogen (secondary N) is 2. The molecule has 1 aromatic rings. The monoisotopic (exact) mass is 416 g/mol. The van der Waals surface area contributed by atoms with Crippen molar-refractivity contribution in [2.75, 3.05) is 20.2 Å². The van der Waals surface area contributed by atoms with Crippen LogP contribution in [-0.4, -0.2) is 54.8 Å². The van der Waals surface area contributed by atoms with Gasteiger partial charge in [-0.2, -0.15) is 0 Å². The maximum atomic E-state index is 13.1. The molecule has 1 aliphatic rings. The van der Waals surface area contributed by atoms with Crippen molar-refractivity contribution in [3.63, 3.8) is 0 Å². The first-order valence-corrected chi connectivity index (χ1v) is 10.2. The van der Waals surface area contributed by atoms with Gasteiger partial charge in [-0.05, 0) is 51.7 Å². The summed E-state index contributed by atoms with van der Waals surface area (Å²) in [6, 6.07) is 6.07. The first kappa shape index (κ1) is 23.4. The predicted molar refractivity (Wildman–Crippen MR) is 114 cm³/mol. The van der Waals surface area contributed by atoms with E-state index in [0.717, 1.165) is 12.8 Å². The summed E-state index contributed by atoms with van der Waals surface area (Å²) in [5.41, 5.74) is 5.64. The number of hydrogen-bond acceptors (Lipinski definition) is 5. The molecule has 2 rings (SSSR count). The van der Waals surface area contributed by atoms with Gasteiger partial charge < -0.3 is 20.7 Å². The zero-order valence-electron chi connectivity index (χ0n) is 18.2. The maximum Gasteiger partial charge on any atom is 0.305 e. The van der Waals surface area contributed by atoms with E-state index in [-0.39, 0.29) is 29.5 Å². The normalized spacial score (nSPS) is 15.9. The van der Waals surface area contributed by atoms with E-state index in [1.807, 2.05) is 25.7 Å². The first-order valence-electron chi connectivity index (χ1n) is 10.2. The Morgan fingerprint density at radius 2 is 1.73 bits per heavy atom. The largest absolute Gasteiger partial charge is 0.469 e. The van der Waals surface area contributed by atoms with Gasteiger partial charge in [0.15, 0.2) is 0 Å². The quantitative estimate of drug-likeness (QED) is 0.356. The number of benzene rings is 1. The Kier molecular flexibility index (Phi) is 7.59. The summed E-state index contributed by atoms with van der Waals surface area (Å²) in [4.78, 5) is 39.0. The summed E-state index contributed by atoms with van der Waals surface area (Å²) >= 11 is 0. The van der Waals surface area contributed by atoms with Crippen molar-refractivity contribution in [2.45, 2.75) is 46.1 Å². The number of esters is 1. The molecule has 4 N–H and O–H groups in total. The van der Waals surface area contributed by atoms with Crippen LogP contribution in [0, 0.1) is 16.7 Å². The molecular formula is C22H32N4O4. The molecule has 30 heavy (non-hydrogen) atoms. The standard InChI is InChI=1S/C22H32N4O4/c1-14(25-20(28)17-7-5-16(6-8-17)19(23)24)22(2,3)21(29)26-11-9-15(10-12-26)13-18(27)30-4/h5-8,14-15H,9-13H2,1-4H3,(H3,23,24)(H,25,28). The van der Waals surface area contributed by atoms with E-state index in [1.54, 1.807) is 24.3 Å². The van der Waals surface area contributed by atoms with Gasteiger partial charge in [0.05, 0.1) is 12.5 Å². The number of rotatable bonds is 7. The summed E-state index contributed by atoms with van der Waals surface area (Å²) < 4.78 is 4.73. The second-order valence-corrected chi connectivity index (χ2v) is 8.42. The lowest BCUT2D eigenvalue weighted by Crippen LogP contribution is -2.53. The third kappa shape index (κ3) is 5.58. The van der Waals surface area contributed by atoms with Crippen LogP contribution in [0.2, 0.25) is 0 Å². The first-order chi connectivity index (χ1) is 14.1. The van der Waals surface area contributed by atoms with Crippen LogP contribution in [-0.2, 0) is 14.3 Å². The number of carbonyl (C=O) groups is 3. The molecule has 0 aliphatic carbocycles. The molecule has 1 unspecified atom stereocenters. The molecule has 0 spiro atoms. The number of piperidine rings is 1. The molecule has 1 aromatic carbocycles. The van der Waals surface area contributed by atoms with Crippen molar-refractivity contribution < 1.29 is 19.1 Å². The summed E-state index contributed by atoms with van der Waals surface area (Å²) in [5, 5.41) is 10.3. The zero-order valence-corrected chi connectivity index (χ0v) is 18.2. The summed E-state index contributed by atoms with van der Waals surface area (Å²) in [6.07, 6.45) is 1.91. The van der Waals surface area contributed by atoms with Crippen LogP contribution < -0.4 is 11.1 Å². The number of nitrogen functional groups attached to an aromatic ring is 1. The average Bonchev–Trinajstić information content (AvgIpc) is 2.73. The van der Waals surface area contributed by atoms with E-state index < -0.39 is 11.5 Å². The third-order valence-electron chi connectivity index (χ3n) is 6.02. The van der Waals surface area contributed by atoms with Crippen molar-refractivity contribution in [3.8, 4) is 0 Å². The highest BCUT2D eigenvalue weighted by Gasteiger charge is 2.39. The lowest BCUT2D eigenvalue weighted by Gasteiger charge is -2.39. The van der Waals surface area contributed by atoms with Crippen molar-refractivity contribution in [3.05, 3.63) is 35.4 Å². The van der Waals surface area contributed by atoms with Crippen LogP contribution in [0.4, 0.5) is 0 Å². The number of amides is 2. The van der Waals surface area contributed by atoms with Gasteiger partial charge >= 0.3 is 5.97 Å². The highest BCUT2D eigenvalue weighted by Crippen LogP contribution is 2.28. The van der Waals surface area contributed by atoms with Crippen molar-refractivity contribution in [1.82, 2.24) is 10.2 Å². The molecular weight excluding hydrogens is 384 g/mol. The molecule has 2 amide bonds. The zero-order chi connectivity index (χ0) is 22.5. The Labute approximate surface area is 177 Å². The molecule has 1 saturated heterocycles. The van der Waals surface area contributed by atoms with Crippen molar-refractivity contribution in [1.29, 1.82) is 5.41 Å². The summed E-state index contributed by atoms with van der Waals surface area (Å²) in [7, 11) is 1.39. The lowest BCUT2D eigenvalue weighted by atomic mass is 9.82. The Bertz CT molecular complexity index is 796. The molecule has 0 aromatic heterocycles. The van der Waals surface area contributed by atoms with Gasteiger partial charge in [0.25, 0.3) is 5.91 Å². The van der Waals surface area contributed by atoms with Crippen molar-refractivity contribution >= 4 is 23.6 Å². The highest BCUT2D eigenvalue weighted by atomic mass is 16.5. The van der Waals surface area contributed by atoms with E-state index in [0.29, 0.717) is 30.6 Å². The van der Waals surface area contributed by atoms with Gasteiger partial charge in [-0.15, -0.1) is 0 Å². The molecule has 1 fully saturated rings. The minimum Gasteiger partial charge on any atom is -0.469 e. The number of carbonyl (C=O) groups excluding carboxylic acids is 3. The Balaban J connectivity index is 1.95. The van der Waals surface area contributed by atoms with Crippen LogP contribution in [0.1, 0.15) is 56.0 Å². The van der Waals surface area contributed by atoms with E-state index in [4.69, 9.17) is 15.9 Å². The molecule has 0 saturated carbocycles. The topological polar surface area (TPSA) is 126 Å². The number of amidine groups is 1. The van der Waals surface area contributed by atoms with Crippen LogP contribution in [0.5, 0.6) is 0 Å². The van der Waals surface area contributed by atoms with Gasteiger partial charge in [-0.25, -0.2) is 0 Å². The Hall–Kier alpha value is -2.90. The number of ether oxygens (including phenoxy) is 1.